The lowest BCUT2D eigenvalue weighted by Gasteiger charge is -2.47. The number of Topliss-reactive ketones (excluding diaryl/α,β-unsaturated/α-hetero) is 1. The maximum Gasteiger partial charge on any atom is 0.282 e. The number of carbonyl (C=O) groups excluding carboxylic acids is 1. The normalized spacial score (nSPS) is 27.6. The first kappa shape index (κ1) is 22.0. The van der Waals surface area contributed by atoms with Gasteiger partial charge in [-0.15, -0.1) is 0 Å². The highest BCUT2D eigenvalue weighted by Crippen LogP contribution is 2.53. The summed E-state index contributed by atoms with van der Waals surface area (Å²) in [5, 5.41) is 0. The lowest BCUT2D eigenvalue weighted by Crippen LogP contribution is -2.52. The van der Waals surface area contributed by atoms with Crippen molar-refractivity contribution in [1.82, 2.24) is 15.0 Å². The predicted molar refractivity (Wildman–Crippen MR) is 131 cm³/mol. The van der Waals surface area contributed by atoms with Gasteiger partial charge in [0.05, 0.1) is 11.4 Å². The molecule has 3 aliphatic rings. The molecule has 5 nitrogen and oxygen atoms in total. The summed E-state index contributed by atoms with van der Waals surface area (Å²) in [6.45, 7) is 11.8. The number of hydrogen-bond acceptors (Lipinski definition) is 4. The van der Waals surface area contributed by atoms with Crippen LogP contribution in [0.15, 0.2) is 42.7 Å². The highest BCUT2D eigenvalue weighted by Gasteiger charge is 2.55. The van der Waals surface area contributed by atoms with Gasteiger partial charge in [-0.1, -0.05) is 26.0 Å². The molecule has 6 heteroatoms. The maximum absolute atomic E-state index is 15.1. The first-order chi connectivity index (χ1) is 16.9. The Morgan fingerprint density at radius 2 is 1.91 bits per heavy atom. The molecule has 176 valence electrons. The van der Waals surface area contributed by atoms with Crippen LogP contribution in [-0.4, -0.2) is 26.8 Å². The smallest absolute Gasteiger partial charge is 0.282 e. The van der Waals surface area contributed by atoms with Crippen LogP contribution in [0.4, 0.5) is 4.39 Å². The fourth-order valence-electron chi connectivity index (χ4n) is 6.48. The Labute approximate surface area is 204 Å². The van der Waals surface area contributed by atoms with E-state index >= 15 is 4.39 Å². The van der Waals surface area contributed by atoms with Gasteiger partial charge < -0.3 is 4.85 Å². The Kier molecular flexibility index (Phi) is 5.07. The van der Waals surface area contributed by atoms with E-state index in [2.05, 4.69) is 16.8 Å². The Bertz CT molecular complexity index is 1390. The van der Waals surface area contributed by atoms with Crippen LogP contribution < -0.4 is 0 Å². The SMILES string of the molecule is [C-]#[N+]C1C[C@@]2(C)c3nc(-c4ccncc4C4CC4)nc(-c4ccccc4F)c3CC[C@@H]2[C@@H](C)C1=O. The Morgan fingerprint density at radius 3 is 2.66 bits per heavy atom. The van der Waals surface area contributed by atoms with E-state index in [9.17, 15) is 4.79 Å². The van der Waals surface area contributed by atoms with Crippen LogP contribution in [0.25, 0.3) is 27.5 Å². The summed E-state index contributed by atoms with van der Waals surface area (Å²) in [5.74, 6) is 0.653. The highest BCUT2D eigenvalue weighted by molar-refractivity contribution is 5.89. The van der Waals surface area contributed by atoms with Gasteiger partial charge in [0.15, 0.2) is 5.82 Å². The fraction of sp³-hybridized carbons (Fsp3) is 0.414. The lowest BCUT2D eigenvalue weighted by molar-refractivity contribution is -0.129. The second-order valence-corrected chi connectivity index (χ2v) is 10.5. The van der Waals surface area contributed by atoms with E-state index < -0.39 is 11.5 Å². The van der Waals surface area contributed by atoms with Gasteiger partial charge in [0.2, 0.25) is 5.78 Å². The largest absolute Gasteiger partial charge is 0.305 e. The molecule has 0 bridgehead atoms. The van der Waals surface area contributed by atoms with E-state index in [1.807, 2.05) is 25.3 Å². The molecule has 0 spiro atoms. The molecule has 1 unspecified atom stereocenters. The summed E-state index contributed by atoms with van der Waals surface area (Å²) < 4.78 is 15.1. The van der Waals surface area contributed by atoms with Crippen molar-refractivity contribution in [1.29, 1.82) is 0 Å². The van der Waals surface area contributed by atoms with Crippen molar-refractivity contribution in [3.05, 3.63) is 76.8 Å². The first-order valence-electron chi connectivity index (χ1n) is 12.4. The number of nitrogens with zero attached hydrogens (tertiary/aromatic N) is 4. The van der Waals surface area contributed by atoms with Gasteiger partial charge in [0.25, 0.3) is 6.04 Å². The van der Waals surface area contributed by atoms with Crippen molar-refractivity contribution in [2.45, 2.75) is 63.3 Å². The standard InChI is InChI=1S/C29H27FN4O/c1-16-22-11-10-20-25(19-6-4-5-7-23(19)30)33-28(18-12-13-32-15-21(18)17-8-9-17)34-27(20)29(22,2)14-24(31-3)26(16)35/h4-7,12-13,15-17,22,24H,8-11,14H2,1-2H3/t16-,22-,24?,29-/m1/s1. The number of rotatable bonds is 3. The number of pyridine rings is 1. The van der Waals surface area contributed by atoms with Gasteiger partial charge in [-0.2, -0.15) is 0 Å². The number of ketones is 1. The van der Waals surface area contributed by atoms with Crippen LogP contribution >= 0.6 is 0 Å². The van der Waals surface area contributed by atoms with Crippen molar-refractivity contribution in [3.63, 3.8) is 0 Å². The molecule has 4 atom stereocenters. The number of benzene rings is 1. The number of halogens is 1. The molecule has 2 fully saturated rings. The molecule has 35 heavy (non-hydrogen) atoms. The summed E-state index contributed by atoms with van der Waals surface area (Å²) in [5.41, 5.74) is 4.54. The zero-order valence-electron chi connectivity index (χ0n) is 20.0. The van der Waals surface area contributed by atoms with Crippen LogP contribution in [0.1, 0.15) is 62.3 Å². The molecule has 0 N–H and O–H groups in total. The zero-order valence-corrected chi connectivity index (χ0v) is 20.0. The van der Waals surface area contributed by atoms with Crippen molar-refractivity contribution in [3.8, 4) is 22.6 Å². The quantitative estimate of drug-likeness (QED) is 0.448. The van der Waals surface area contributed by atoms with Gasteiger partial charge in [-0.05, 0) is 61.3 Å². The summed E-state index contributed by atoms with van der Waals surface area (Å²) in [6.07, 6.45) is 7.83. The van der Waals surface area contributed by atoms with Gasteiger partial charge in [-0.25, -0.2) is 20.9 Å². The van der Waals surface area contributed by atoms with Crippen LogP contribution in [0, 0.1) is 24.2 Å². The van der Waals surface area contributed by atoms with E-state index in [0.29, 0.717) is 35.8 Å². The molecule has 0 aliphatic heterocycles. The van der Waals surface area contributed by atoms with Crippen molar-refractivity contribution in [2.24, 2.45) is 11.8 Å². The molecule has 3 aliphatic carbocycles. The Morgan fingerprint density at radius 1 is 1.11 bits per heavy atom. The summed E-state index contributed by atoms with van der Waals surface area (Å²) in [7, 11) is 0. The van der Waals surface area contributed by atoms with Crippen molar-refractivity contribution in [2.75, 3.05) is 0 Å². The third kappa shape index (κ3) is 3.40. The van der Waals surface area contributed by atoms with Gasteiger partial charge in [0.1, 0.15) is 5.82 Å². The van der Waals surface area contributed by atoms with E-state index in [1.165, 1.54) is 6.07 Å². The molecule has 2 saturated carbocycles. The van der Waals surface area contributed by atoms with E-state index in [1.54, 1.807) is 18.3 Å². The minimum absolute atomic E-state index is 0.0414. The fourth-order valence-corrected chi connectivity index (χ4v) is 6.48. The van der Waals surface area contributed by atoms with Gasteiger partial charge in [-0.3, -0.25) is 9.78 Å². The molecule has 1 aromatic carbocycles. The minimum atomic E-state index is -0.671. The molecule has 0 radical (unpaired) electrons. The van der Waals surface area contributed by atoms with Crippen molar-refractivity contribution < 1.29 is 9.18 Å². The van der Waals surface area contributed by atoms with E-state index in [4.69, 9.17) is 16.5 Å². The minimum Gasteiger partial charge on any atom is -0.305 e. The van der Waals surface area contributed by atoms with Crippen LogP contribution in [-0.2, 0) is 16.6 Å². The topological polar surface area (TPSA) is 60.1 Å². The lowest BCUT2D eigenvalue weighted by atomic mass is 9.55. The molecular formula is C29H27FN4O. The van der Waals surface area contributed by atoms with Crippen molar-refractivity contribution >= 4 is 5.78 Å². The average Bonchev–Trinajstić information content (AvgIpc) is 3.72. The number of hydrogen-bond donors (Lipinski definition) is 0. The van der Waals surface area contributed by atoms with Crippen LogP contribution in [0.2, 0.25) is 0 Å². The Hall–Kier alpha value is -3.46. The summed E-state index contributed by atoms with van der Waals surface area (Å²) in [4.78, 5) is 31.1. The molecule has 2 heterocycles. The zero-order chi connectivity index (χ0) is 24.3. The summed E-state index contributed by atoms with van der Waals surface area (Å²) >= 11 is 0. The number of carbonyl (C=O) groups is 1. The Balaban J connectivity index is 1.62. The van der Waals surface area contributed by atoms with Crippen LogP contribution in [0.3, 0.4) is 0 Å². The third-order valence-electron chi connectivity index (χ3n) is 8.46. The molecule has 0 amide bonds. The van der Waals surface area contributed by atoms with Gasteiger partial charge in [0, 0.05) is 46.8 Å². The number of fused-ring (bicyclic) bond motifs is 3. The second kappa shape index (κ2) is 8.05. The highest BCUT2D eigenvalue weighted by atomic mass is 19.1. The molecule has 3 aromatic rings. The molecule has 2 aromatic heterocycles. The predicted octanol–water partition coefficient (Wildman–Crippen LogP) is 5.94. The van der Waals surface area contributed by atoms with Crippen LogP contribution in [0.5, 0.6) is 0 Å². The van der Waals surface area contributed by atoms with E-state index in [0.717, 1.165) is 41.6 Å². The monoisotopic (exact) mass is 466 g/mol. The average molecular weight is 467 g/mol. The molecular weight excluding hydrogens is 439 g/mol. The summed E-state index contributed by atoms with van der Waals surface area (Å²) in [6, 6.07) is 8.05. The third-order valence-corrected chi connectivity index (χ3v) is 8.46. The first-order valence-corrected chi connectivity index (χ1v) is 12.4. The second-order valence-electron chi connectivity index (χ2n) is 10.5. The molecule has 0 saturated heterocycles. The molecule has 6 rings (SSSR count). The van der Waals surface area contributed by atoms with Gasteiger partial charge >= 0.3 is 0 Å². The maximum atomic E-state index is 15.1. The number of aromatic nitrogens is 3. The van der Waals surface area contributed by atoms with E-state index in [-0.39, 0.29) is 23.4 Å².